The molecule has 0 heterocycles. The lowest BCUT2D eigenvalue weighted by atomic mass is 10.1. The summed E-state index contributed by atoms with van der Waals surface area (Å²) in [5.74, 6) is -0.287. The van der Waals surface area contributed by atoms with Crippen molar-refractivity contribution in [1.29, 1.82) is 0 Å². The molecule has 0 radical (unpaired) electrons. The molecule has 0 atom stereocenters. The fourth-order valence-electron chi connectivity index (χ4n) is 3.08. The SMILES string of the molecule is Cc1ccc(CCC(=O)Nc2ccccc2C(=O)NCCc2ccccc2)cc1. The number of benzene rings is 3. The van der Waals surface area contributed by atoms with Gasteiger partial charge >= 0.3 is 0 Å². The second kappa shape index (κ2) is 10.2. The maximum absolute atomic E-state index is 12.6. The highest BCUT2D eigenvalue weighted by Crippen LogP contribution is 2.16. The Morgan fingerprint density at radius 2 is 1.41 bits per heavy atom. The van der Waals surface area contributed by atoms with E-state index < -0.39 is 0 Å². The molecule has 148 valence electrons. The van der Waals surface area contributed by atoms with Crippen LogP contribution in [-0.4, -0.2) is 18.4 Å². The number of hydrogen-bond acceptors (Lipinski definition) is 2. The molecule has 0 aliphatic carbocycles. The first-order valence-corrected chi connectivity index (χ1v) is 9.88. The number of rotatable bonds is 8. The first kappa shape index (κ1) is 20.3. The van der Waals surface area contributed by atoms with E-state index in [2.05, 4.69) is 10.6 Å². The number of amides is 2. The van der Waals surface area contributed by atoms with Gasteiger partial charge < -0.3 is 10.6 Å². The third-order valence-corrected chi connectivity index (χ3v) is 4.75. The van der Waals surface area contributed by atoms with Gasteiger partial charge in [-0.15, -0.1) is 0 Å². The van der Waals surface area contributed by atoms with Crippen molar-refractivity contribution >= 4 is 17.5 Å². The zero-order valence-corrected chi connectivity index (χ0v) is 16.7. The molecule has 0 aliphatic rings. The molecule has 4 heteroatoms. The largest absolute Gasteiger partial charge is 0.352 e. The number of carbonyl (C=O) groups is 2. The molecule has 0 saturated carbocycles. The van der Waals surface area contributed by atoms with Crippen LogP contribution in [0.3, 0.4) is 0 Å². The Hall–Kier alpha value is -3.40. The molecule has 0 aliphatic heterocycles. The van der Waals surface area contributed by atoms with E-state index in [4.69, 9.17) is 0 Å². The lowest BCUT2D eigenvalue weighted by Gasteiger charge is -2.12. The quantitative estimate of drug-likeness (QED) is 0.597. The standard InChI is InChI=1S/C25H26N2O2/c1-19-11-13-21(14-12-19)15-16-24(28)27-23-10-6-5-9-22(23)25(29)26-18-17-20-7-3-2-4-8-20/h2-14H,15-18H2,1H3,(H,26,29)(H,27,28). The lowest BCUT2D eigenvalue weighted by Crippen LogP contribution is -2.27. The van der Waals surface area contributed by atoms with Gasteiger partial charge in [-0.2, -0.15) is 0 Å². The Balaban J connectivity index is 1.54. The van der Waals surface area contributed by atoms with Gasteiger partial charge in [-0.25, -0.2) is 0 Å². The van der Waals surface area contributed by atoms with Crippen molar-refractivity contribution in [3.8, 4) is 0 Å². The molecule has 0 bridgehead atoms. The van der Waals surface area contributed by atoms with Crippen molar-refractivity contribution in [1.82, 2.24) is 5.32 Å². The van der Waals surface area contributed by atoms with E-state index in [1.165, 1.54) is 11.1 Å². The van der Waals surface area contributed by atoms with Gasteiger partial charge in [-0.1, -0.05) is 72.3 Å². The van der Waals surface area contributed by atoms with E-state index in [1.54, 1.807) is 18.2 Å². The van der Waals surface area contributed by atoms with Crippen molar-refractivity contribution < 1.29 is 9.59 Å². The van der Waals surface area contributed by atoms with Gasteiger partial charge in [0.2, 0.25) is 5.91 Å². The summed E-state index contributed by atoms with van der Waals surface area (Å²) in [7, 11) is 0. The number of nitrogens with one attached hydrogen (secondary N) is 2. The summed E-state index contributed by atoms with van der Waals surface area (Å²) in [5, 5.41) is 5.82. The summed E-state index contributed by atoms with van der Waals surface area (Å²) >= 11 is 0. The summed E-state index contributed by atoms with van der Waals surface area (Å²) in [4.78, 5) is 25.0. The summed E-state index contributed by atoms with van der Waals surface area (Å²) in [6.45, 7) is 2.58. The van der Waals surface area contributed by atoms with Gasteiger partial charge in [0.25, 0.3) is 5.91 Å². The first-order chi connectivity index (χ1) is 14.1. The van der Waals surface area contributed by atoms with Gasteiger partial charge in [0.1, 0.15) is 0 Å². The lowest BCUT2D eigenvalue weighted by molar-refractivity contribution is -0.116. The fourth-order valence-corrected chi connectivity index (χ4v) is 3.08. The van der Waals surface area contributed by atoms with Gasteiger partial charge in [0.15, 0.2) is 0 Å². The Morgan fingerprint density at radius 3 is 2.17 bits per heavy atom. The maximum Gasteiger partial charge on any atom is 0.253 e. The smallest absolute Gasteiger partial charge is 0.253 e. The molecule has 0 saturated heterocycles. The molecule has 0 fully saturated rings. The zero-order valence-electron chi connectivity index (χ0n) is 16.7. The molecule has 3 rings (SSSR count). The van der Waals surface area contributed by atoms with Crippen molar-refractivity contribution in [2.75, 3.05) is 11.9 Å². The van der Waals surface area contributed by atoms with Gasteiger partial charge in [-0.05, 0) is 43.0 Å². The summed E-state index contributed by atoms with van der Waals surface area (Å²) in [6, 6.07) is 25.3. The molecule has 2 amide bonds. The number of hydrogen-bond donors (Lipinski definition) is 2. The van der Waals surface area contributed by atoms with Crippen LogP contribution in [0.15, 0.2) is 78.9 Å². The minimum absolute atomic E-state index is 0.102. The molecule has 4 nitrogen and oxygen atoms in total. The monoisotopic (exact) mass is 386 g/mol. The molecule has 2 N–H and O–H groups in total. The molecule has 29 heavy (non-hydrogen) atoms. The van der Waals surface area contributed by atoms with Crippen LogP contribution in [0.1, 0.15) is 33.5 Å². The number of aryl methyl sites for hydroxylation is 2. The Bertz CT molecular complexity index is 950. The number of carbonyl (C=O) groups excluding carboxylic acids is 2. The Labute approximate surface area is 172 Å². The van der Waals surface area contributed by atoms with Crippen LogP contribution < -0.4 is 10.6 Å². The number of anilines is 1. The number of para-hydroxylation sites is 1. The van der Waals surface area contributed by atoms with Crippen molar-refractivity contribution in [3.63, 3.8) is 0 Å². The van der Waals surface area contributed by atoms with Crippen molar-refractivity contribution in [3.05, 3.63) is 101 Å². The van der Waals surface area contributed by atoms with Crippen molar-refractivity contribution in [2.24, 2.45) is 0 Å². The van der Waals surface area contributed by atoms with E-state index in [0.717, 1.165) is 12.0 Å². The highest BCUT2D eigenvalue weighted by Gasteiger charge is 2.13. The predicted molar refractivity (Wildman–Crippen MR) is 117 cm³/mol. The minimum Gasteiger partial charge on any atom is -0.352 e. The first-order valence-electron chi connectivity index (χ1n) is 9.88. The molecule has 0 aromatic heterocycles. The predicted octanol–water partition coefficient (Wildman–Crippen LogP) is 4.54. The highest BCUT2D eigenvalue weighted by molar-refractivity contribution is 6.03. The third kappa shape index (κ3) is 6.32. The molecule has 0 unspecified atom stereocenters. The van der Waals surface area contributed by atoms with Crippen LogP contribution in [0.4, 0.5) is 5.69 Å². The van der Waals surface area contributed by atoms with Crippen LogP contribution >= 0.6 is 0 Å². The van der Waals surface area contributed by atoms with Crippen molar-refractivity contribution in [2.45, 2.75) is 26.2 Å². The fraction of sp³-hybridized carbons (Fsp3) is 0.200. The minimum atomic E-state index is -0.185. The Kier molecular flexibility index (Phi) is 7.17. The van der Waals surface area contributed by atoms with E-state index in [-0.39, 0.29) is 11.8 Å². The van der Waals surface area contributed by atoms with Crippen LogP contribution in [-0.2, 0) is 17.6 Å². The zero-order chi connectivity index (χ0) is 20.5. The summed E-state index contributed by atoms with van der Waals surface area (Å²) in [5.41, 5.74) is 4.51. The van der Waals surface area contributed by atoms with E-state index in [9.17, 15) is 9.59 Å². The molecule has 3 aromatic rings. The summed E-state index contributed by atoms with van der Waals surface area (Å²) in [6.07, 6.45) is 1.79. The van der Waals surface area contributed by atoms with Crippen LogP contribution in [0.25, 0.3) is 0 Å². The topological polar surface area (TPSA) is 58.2 Å². The van der Waals surface area contributed by atoms with Gasteiger partial charge in [0, 0.05) is 13.0 Å². The van der Waals surface area contributed by atoms with Gasteiger partial charge in [-0.3, -0.25) is 9.59 Å². The second-order valence-electron chi connectivity index (χ2n) is 7.07. The molecular weight excluding hydrogens is 360 g/mol. The normalized spacial score (nSPS) is 10.4. The van der Waals surface area contributed by atoms with E-state index >= 15 is 0 Å². The molecule has 3 aromatic carbocycles. The van der Waals surface area contributed by atoms with Crippen LogP contribution in [0, 0.1) is 6.92 Å². The van der Waals surface area contributed by atoms with Gasteiger partial charge in [0.05, 0.1) is 11.3 Å². The summed E-state index contributed by atoms with van der Waals surface area (Å²) < 4.78 is 0. The second-order valence-corrected chi connectivity index (χ2v) is 7.07. The molecule has 0 spiro atoms. The van der Waals surface area contributed by atoms with E-state index in [0.29, 0.717) is 30.6 Å². The highest BCUT2D eigenvalue weighted by atomic mass is 16.2. The van der Waals surface area contributed by atoms with E-state index in [1.807, 2.05) is 67.6 Å². The third-order valence-electron chi connectivity index (χ3n) is 4.75. The average molecular weight is 386 g/mol. The van der Waals surface area contributed by atoms with Crippen LogP contribution in [0.2, 0.25) is 0 Å². The maximum atomic E-state index is 12.6. The van der Waals surface area contributed by atoms with Crippen LogP contribution in [0.5, 0.6) is 0 Å². The Morgan fingerprint density at radius 1 is 0.759 bits per heavy atom. The molecular formula is C25H26N2O2. The average Bonchev–Trinajstić information content (AvgIpc) is 2.74.